The summed E-state index contributed by atoms with van der Waals surface area (Å²) in [6, 6.07) is 8.97. The SMILES string of the molecule is Cc1ccccc1CC(NN)C1CCOC2(CCSC2)C1. The molecule has 4 heteroatoms. The summed E-state index contributed by atoms with van der Waals surface area (Å²) in [5, 5.41) is 0. The molecule has 116 valence electrons. The number of hydrogen-bond acceptors (Lipinski definition) is 4. The molecule has 2 heterocycles. The second kappa shape index (κ2) is 6.69. The number of hydrazine groups is 1. The molecule has 21 heavy (non-hydrogen) atoms. The van der Waals surface area contributed by atoms with Gasteiger partial charge in [-0.05, 0) is 55.4 Å². The second-order valence-corrected chi connectivity index (χ2v) is 7.60. The van der Waals surface area contributed by atoms with Crippen molar-refractivity contribution in [2.24, 2.45) is 11.8 Å². The largest absolute Gasteiger partial charge is 0.374 e. The zero-order valence-electron chi connectivity index (χ0n) is 12.8. The van der Waals surface area contributed by atoms with Crippen LogP contribution in [0.15, 0.2) is 24.3 Å². The van der Waals surface area contributed by atoms with Crippen LogP contribution >= 0.6 is 11.8 Å². The molecule has 0 aliphatic carbocycles. The molecule has 0 bridgehead atoms. The van der Waals surface area contributed by atoms with Crippen molar-refractivity contribution in [1.29, 1.82) is 0 Å². The fourth-order valence-electron chi connectivity index (χ4n) is 3.71. The summed E-state index contributed by atoms with van der Waals surface area (Å²) >= 11 is 2.03. The summed E-state index contributed by atoms with van der Waals surface area (Å²) in [7, 11) is 0. The molecule has 3 atom stereocenters. The summed E-state index contributed by atoms with van der Waals surface area (Å²) in [6.07, 6.45) is 4.49. The van der Waals surface area contributed by atoms with Gasteiger partial charge in [0.2, 0.25) is 0 Å². The molecule has 3 unspecified atom stereocenters. The summed E-state index contributed by atoms with van der Waals surface area (Å²) in [5.41, 5.74) is 5.99. The highest BCUT2D eigenvalue weighted by atomic mass is 32.2. The maximum Gasteiger partial charge on any atom is 0.0783 e. The van der Waals surface area contributed by atoms with Gasteiger partial charge in [0.05, 0.1) is 5.60 Å². The standard InChI is InChI=1S/C17H26N2OS/c1-13-4-2-3-5-14(13)10-16(19-18)15-6-8-20-17(11-15)7-9-21-12-17/h2-5,15-16,19H,6-12,18H2,1H3. The van der Waals surface area contributed by atoms with Gasteiger partial charge in [-0.2, -0.15) is 11.8 Å². The predicted octanol–water partition coefficient (Wildman–Crippen LogP) is 2.67. The van der Waals surface area contributed by atoms with Crippen molar-refractivity contribution in [2.75, 3.05) is 18.1 Å². The molecule has 0 saturated carbocycles. The van der Waals surface area contributed by atoms with E-state index in [1.54, 1.807) is 0 Å². The lowest BCUT2D eigenvalue weighted by atomic mass is 9.79. The molecule has 0 radical (unpaired) electrons. The van der Waals surface area contributed by atoms with E-state index in [0.29, 0.717) is 12.0 Å². The number of thioether (sulfide) groups is 1. The van der Waals surface area contributed by atoms with Crippen LogP contribution in [0.4, 0.5) is 0 Å². The molecule has 2 aliphatic heterocycles. The van der Waals surface area contributed by atoms with Crippen LogP contribution in [0, 0.1) is 12.8 Å². The summed E-state index contributed by atoms with van der Waals surface area (Å²) in [5.74, 6) is 8.90. The van der Waals surface area contributed by atoms with Crippen LogP contribution in [0.1, 0.15) is 30.4 Å². The Bertz CT molecular complexity index is 474. The minimum absolute atomic E-state index is 0.133. The third-order valence-electron chi connectivity index (χ3n) is 5.08. The van der Waals surface area contributed by atoms with Crippen molar-refractivity contribution in [2.45, 2.75) is 44.2 Å². The van der Waals surface area contributed by atoms with Crippen molar-refractivity contribution < 1.29 is 4.74 Å². The van der Waals surface area contributed by atoms with Crippen LogP contribution in [-0.4, -0.2) is 29.8 Å². The lowest BCUT2D eigenvalue weighted by Crippen LogP contribution is -2.49. The Morgan fingerprint density at radius 3 is 3.05 bits per heavy atom. The van der Waals surface area contributed by atoms with E-state index in [9.17, 15) is 0 Å². The van der Waals surface area contributed by atoms with E-state index in [1.807, 2.05) is 11.8 Å². The van der Waals surface area contributed by atoms with Crippen molar-refractivity contribution >= 4 is 11.8 Å². The van der Waals surface area contributed by atoms with Gasteiger partial charge in [0.1, 0.15) is 0 Å². The number of rotatable bonds is 4. The highest BCUT2D eigenvalue weighted by Gasteiger charge is 2.42. The first-order chi connectivity index (χ1) is 10.2. The Labute approximate surface area is 132 Å². The van der Waals surface area contributed by atoms with Crippen molar-refractivity contribution in [3.63, 3.8) is 0 Å². The maximum absolute atomic E-state index is 6.14. The molecule has 1 aromatic carbocycles. The molecular weight excluding hydrogens is 280 g/mol. The van der Waals surface area contributed by atoms with E-state index >= 15 is 0 Å². The van der Waals surface area contributed by atoms with Crippen LogP contribution in [0.2, 0.25) is 0 Å². The highest BCUT2D eigenvalue weighted by Crippen LogP contribution is 2.41. The van der Waals surface area contributed by atoms with E-state index in [4.69, 9.17) is 10.6 Å². The average molecular weight is 306 g/mol. The van der Waals surface area contributed by atoms with Gasteiger partial charge >= 0.3 is 0 Å². The minimum atomic E-state index is 0.133. The first kappa shape index (κ1) is 15.3. The van der Waals surface area contributed by atoms with Crippen LogP contribution in [-0.2, 0) is 11.2 Å². The molecule has 0 amide bonds. The lowest BCUT2D eigenvalue weighted by Gasteiger charge is -2.41. The lowest BCUT2D eigenvalue weighted by molar-refractivity contribution is -0.0850. The van der Waals surface area contributed by atoms with Gasteiger partial charge in [0.15, 0.2) is 0 Å². The van der Waals surface area contributed by atoms with E-state index in [-0.39, 0.29) is 5.60 Å². The molecule has 3 N–H and O–H groups in total. The molecule has 1 spiro atoms. The number of ether oxygens (including phenoxy) is 1. The fourth-order valence-corrected chi connectivity index (χ4v) is 5.09. The van der Waals surface area contributed by atoms with Crippen molar-refractivity contribution in [3.05, 3.63) is 35.4 Å². The van der Waals surface area contributed by atoms with Gasteiger partial charge in [0, 0.05) is 18.4 Å². The fraction of sp³-hybridized carbons (Fsp3) is 0.647. The van der Waals surface area contributed by atoms with E-state index < -0.39 is 0 Å². The van der Waals surface area contributed by atoms with Gasteiger partial charge in [0.25, 0.3) is 0 Å². The molecule has 3 rings (SSSR count). The van der Waals surface area contributed by atoms with Gasteiger partial charge < -0.3 is 4.74 Å². The van der Waals surface area contributed by atoms with Crippen LogP contribution in [0.5, 0.6) is 0 Å². The van der Waals surface area contributed by atoms with Crippen LogP contribution in [0.25, 0.3) is 0 Å². The Morgan fingerprint density at radius 2 is 2.33 bits per heavy atom. The number of nitrogens with one attached hydrogen (secondary N) is 1. The van der Waals surface area contributed by atoms with E-state index in [2.05, 4.69) is 36.6 Å². The number of hydrogen-bond donors (Lipinski definition) is 2. The van der Waals surface area contributed by atoms with Gasteiger partial charge in [-0.15, -0.1) is 0 Å². The molecular formula is C17H26N2OS. The van der Waals surface area contributed by atoms with Crippen molar-refractivity contribution in [3.8, 4) is 0 Å². The normalized spacial score (nSPS) is 30.7. The van der Waals surface area contributed by atoms with Crippen molar-refractivity contribution in [1.82, 2.24) is 5.43 Å². The summed E-state index contributed by atoms with van der Waals surface area (Å²) in [4.78, 5) is 0. The third-order valence-corrected chi connectivity index (χ3v) is 6.31. The maximum atomic E-state index is 6.14. The van der Waals surface area contributed by atoms with Gasteiger partial charge in [-0.3, -0.25) is 11.3 Å². The Hall–Kier alpha value is -0.550. The zero-order valence-corrected chi connectivity index (χ0v) is 13.6. The molecule has 1 aromatic rings. The minimum Gasteiger partial charge on any atom is -0.374 e. The Kier molecular flexibility index (Phi) is 4.89. The molecule has 2 fully saturated rings. The topological polar surface area (TPSA) is 47.3 Å². The van der Waals surface area contributed by atoms with Crippen LogP contribution < -0.4 is 11.3 Å². The molecule has 2 aliphatic rings. The molecule has 2 saturated heterocycles. The number of aryl methyl sites for hydroxylation is 1. The summed E-state index contributed by atoms with van der Waals surface area (Å²) in [6.45, 7) is 3.07. The monoisotopic (exact) mass is 306 g/mol. The molecule has 3 nitrogen and oxygen atoms in total. The first-order valence-corrected chi connectivity index (χ1v) is 9.10. The van der Waals surface area contributed by atoms with Crippen LogP contribution in [0.3, 0.4) is 0 Å². The number of nitrogens with two attached hydrogens (primary N) is 1. The first-order valence-electron chi connectivity index (χ1n) is 7.95. The van der Waals surface area contributed by atoms with Gasteiger partial charge in [-0.25, -0.2) is 0 Å². The second-order valence-electron chi connectivity index (χ2n) is 6.49. The third kappa shape index (κ3) is 3.45. The highest BCUT2D eigenvalue weighted by molar-refractivity contribution is 7.99. The number of benzene rings is 1. The smallest absolute Gasteiger partial charge is 0.0783 e. The Balaban J connectivity index is 1.69. The summed E-state index contributed by atoms with van der Waals surface area (Å²) < 4.78 is 6.14. The van der Waals surface area contributed by atoms with E-state index in [1.165, 1.54) is 23.3 Å². The predicted molar refractivity (Wildman–Crippen MR) is 89.3 cm³/mol. The average Bonchev–Trinajstić information content (AvgIpc) is 2.94. The zero-order chi connectivity index (χ0) is 14.7. The molecule has 0 aromatic heterocycles. The Morgan fingerprint density at radius 1 is 1.48 bits per heavy atom. The quantitative estimate of drug-likeness (QED) is 0.663. The van der Waals surface area contributed by atoms with Gasteiger partial charge in [-0.1, -0.05) is 24.3 Å². The van der Waals surface area contributed by atoms with E-state index in [0.717, 1.165) is 31.6 Å².